The van der Waals surface area contributed by atoms with E-state index >= 15 is 0 Å². The highest BCUT2D eigenvalue weighted by Crippen LogP contribution is 2.38. The van der Waals surface area contributed by atoms with Gasteiger partial charge in [0, 0.05) is 17.3 Å². The zero-order valence-corrected chi connectivity index (χ0v) is 15.6. The highest BCUT2D eigenvalue weighted by atomic mass is 32.2. The van der Waals surface area contributed by atoms with Crippen molar-refractivity contribution in [1.82, 2.24) is 4.98 Å². The summed E-state index contributed by atoms with van der Waals surface area (Å²) in [5, 5.41) is 4.85. The van der Waals surface area contributed by atoms with E-state index in [9.17, 15) is 30.4 Å². The van der Waals surface area contributed by atoms with Gasteiger partial charge in [-0.25, -0.2) is 22.3 Å². The van der Waals surface area contributed by atoms with E-state index in [1.54, 1.807) is 0 Å². The molecule has 0 radical (unpaired) electrons. The average Bonchev–Trinajstić information content (AvgIpc) is 2.62. The lowest BCUT2D eigenvalue weighted by atomic mass is 9.95. The van der Waals surface area contributed by atoms with Crippen LogP contribution in [-0.2, 0) is 16.2 Å². The van der Waals surface area contributed by atoms with Crippen molar-refractivity contribution in [3.63, 3.8) is 0 Å². The van der Waals surface area contributed by atoms with Crippen LogP contribution in [0.15, 0.2) is 53.6 Å². The van der Waals surface area contributed by atoms with E-state index in [0.29, 0.717) is 12.1 Å². The molecule has 0 fully saturated rings. The third-order valence-electron chi connectivity index (χ3n) is 4.24. The maximum Gasteiger partial charge on any atom is 0.416 e. The zero-order chi connectivity index (χ0) is 21.6. The standard InChI is InChI=1S/C19H13F5N2O2S/c1-10-4-5-11(7-14(10)19(22,23)24)12-3-2-6-26-18(12)13-8-16(21)17(9-15(13)20)29(25,27)28/h2-9H,1H3,(H2,25,27,28). The minimum Gasteiger partial charge on any atom is -0.255 e. The number of aryl methyl sites for hydroxylation is 1. The fraction of sp³-hybridized carbons (Fsp3) is 0.105. The molecule has 10 heteroatoms. The fourth-order valence-corrected chi connectivity index (χ4v) is 3.47. The summed E-state index contributed by atoms with van der Waals surface area (Å²) in [5.41, 5.74) is -1.25. The summed E-state index contributed by atoms with van der Waals surface area (Å²) in [6, 6.07) is 7.39. The summed E-state index contributed by atoms with van der Waals surface area (Å²) in [6.45, 7) is 1.30. The van der Waals surface area contributed by atoms with E-state index in [0.717, 1.165) is 6.07 Å². The molecule has 1 aromatic heterocycles. The first-order valence-corrected chi connectivity index (χ1v) is 9.59. The van der Waals surface area contributed by atoms with Crippen LogP contribution in [0, 0.1) is 18.6 Å². The number of aromatic nitrogens is 1. The maximum absolute atomic E-state index is 14.6. The highest BCUT2D eigenvalue weighted by Gasteiger charge is 2.32. The molecule has 152 valence electrons. The Morgan fingerprint density at radius 2 is 1.66 bits per heavy atom. The van der Waals surface area contributed by atoms with Gasteiger partial charge in [0.2, 0.25) is 10.0 Å². The third kappa shape index (κ3) is 4.13. The normalized spacial score (nSPS) is 12.2. The molecule has 0 aliphatic rings. The second-order valence-corrected chi connectivity index (χ2v) is 7.76. The first kappa shape index (κ1) is 20.9. The molecule has 3 aromatic rings. The second kappa shape index (κ2) is 7.20. The van der Waals surface area contributed by atoms with Crippen molar-refractivity contribution in [3.8, 4) is 22.4 Å². The van der Waals surface area contributed by atoms with E-state index in [1.807, 2.05) is 0 Å². The van der Waals surface area contributed by atoms with Gasteiger partial charge in [-0.15, -0.1) is 0 Å². The summed E-state index contributed by atoms with van der Waals surface area (Å²) in [5.74, 6) is -2.45. The van der Waals surface area contributed by atoms with Crippen molar-refractivity contribution >= 4 is 10.0 Å². The van der Waals surface area contributed by atoms with Gasteiger partial charge in [-0.05, 0) is 42.3 Å². The van der Waals surface area contributed by atoms with Crippen LogP contribution in [0.4, 0.5) is 22.0 Å². The molecule has 0 aliphatic heterocycles. The molecule has 0 aliphatic carbocycles. The zero-order valence-electron chi connectivity index (χ0n) is 14.8. The quantitative estimate of drug-likeness (QED) is 0.617. The minimum absolute atomic E-state index is 0.00132. The molecule has 0 unspecified atom stereocenters. The molecule has 0 saturated heterocycles. The number of pyridine rings is 1. The fourth-order valence-electron chi connectivity index (χ4n) is 2.88. The van der Waals surface area contributed by atoms with Crippen LogP contribution >= 0.6 is 0 Å². The van der Waals surface area contributed by atoms with E-state index < -0.39 is 43.9 Å². The Morgan fingerprint density at radius 1 is 0.966 bits per heavy atom. The highest BCUT2D eigenvalue weighted by molar-refractivity contribution is 7.89. The van der Waals surface area contributed by atoms with Crippen molar-refractivity contribution in [3.05, 3.63) is 71.4 Å². The molecule has 3 rings (SSSR count). The lowest BCUT2D eigenvalue weighted by Crippen LogP contribution is -2.14. The topological polar surface area (TPSA) is 73.0 Å². The van der Waals surface area contributed by atoms with Crippen LogP contribution < -0.4 is 5.14 Å². The molecular weight excluding hydrogens is 415 g/mol. The van der Waals surface area contributed by atoms with Crippen LogP contribution in [0.5, 0.6) is 0 Å². The van der Waals surface area contributed by atoms with Crippen LogP contribution in [-0.4, -0.2) is 13.4 Å². The summed E-state index contributed by atoms with van der Waals surface area (Å²) < 4.78 is 91.2. The first-order valence-electron chi connectivity index (χ1n) is 8.05. The third-order valence-corrected chi connectivity index (χ3v) is 5.17. The molecule has 29 heavy (non-hydrogen) atoms. The Bertz CT molecular complexity index is 1210. The number of hydrogen-bond acceptors (Lipinski definition) is 3. The number of halogens is 5. The smallest absolute Gasteiger partial charge is 0.255 e. The lowest BCUT2D eigenvalue weighted by molar-refractivity contribution is -0.138. The minimum atomic E-state index is -4.60. The lowest BCUT2D eigenvalue weighted by Gasteiger charge is -2.15. The number of nitrogens with zero attached hydrogens (tertiary/aromatic N) is 1. The van der Waals surface area contributed by atoms with Crippen molar-refractivity contribution < 1.29 is 30.4 Å². The summed E-state index contributed by atoms with van der Waals surface area (Å²) in [7, 11) is -4.50. The number of alkyl halides is 3. The van der Waals surface area contributed by atoms with Gasteiger partial charge < -0.3 is 0 Å². The van der Waals surface area contributed by atoms with Gasteiger partial charge >= 0.3 is 6.18 Å². The van der Waals surface area contributed by atoms with Gasteiger partial charge in [-0.2, -0.15) is 13.2 Å². The number of hydrogen-bond donors (Lipinski definition) is 1. The Labute approximate surface area is 162 Å². The molecule has 0 saturated carbocycles. The van der Waals surface area contributed by atoms with Crippen LogP contribution in [0.2, 0.25) is 0 Å². The van der Waals surface area contributed by atoms with E-state index in [2.05, 4.69) is 4.98 Å². The molecule has 0 atom stereocenters. The maximum atomic E-state index is 14.6. The number of nitrogens with two attached hydrogens (primary N) is 1. The molecule has 4 nitrogen and oxygen atoms in total. The Balaban J connectivity index is 2.24. The number of benzene rings is 2. The van der Waals surface area contributed by atoms with E-state index in [-0.39, 0.29) is 22.4 Å². The van der Waals surface area contributed by atoms with Crippen molar-refractivity contribution in [2.45, 2.75) is 18.0 Å². The molecular formula is C19H13F5N2O2S. The SMILES string of the molecule is Cc1ccc(-c2cccnc2-c2cc(F)c(S(N)(=O)=O)cc2F)cc1C(F)(F)F. The van der Waals surface area contributed by atoms with E-state index in [1.165, 1.54) is 37.4 Å². The van der Waals surface area contributed by atoms with Crippen LogP contribution in [0.3, 0.4) is 0 Å². The second-order valence-electron chi connectivity index (χ2n) is 6.23. The van der Waals surface area contributed by atoms with Crippen molar-refractivity contribution in [2.24, 2.45) is 5.14 Å². The van der Waals surface area contributed by atoms with Gasteiger partial charge in [-0.3, -0.25) is 4.98 Å². The molecule has 1 heterocycles. The monoisotopic (exact) mass is 428 g/mol. The summed E-state index contributed by atoms with van der Waals surface area (Å²) in [4.78, 5) is 2.93. The number of sulfonamides is 1. The predicted octanol–water partition coefficient (Wildman–Crippen LogP) is 4.67. The van der Waals surface area contributed by atoms with Gasteiger partial charge in [0.05, 0.1) is 11.3 Å². The summed E-state index contributed by atoms with van der Waals surface area (Å²) in [6.07, 6.45) is -3.35. The van der Waals surface area contributed by atoms with E-state index in [4.69, 9.17) is 5.14 Å². The predicted molar refractivity (Wildman–Crippen MR) is 96.1 cm³/mol. The Hall–Kier alpha value is -2.85. The van der Waals surface area contributed by atoms with Crippen molar-refractivity contribution in [1.29, 1.82) is 0 Å². The van der Waals surface area contributed by atoms with Crippen LogP contribution in [0.1, 0.15) is 11.1 Å². The van der Waals surface area contributed by atoms with Gasteiger partial charge in [0.25, 0.3) is 0 Å². The first-order chi connectivity index (χ1) is 13.4. The van der Waals surface area contributed by atoms with Crippen molar-refractivity contribution in [2.75, 3.05) is 0 Å². The molecule has 0 amide bonds. The molecule has 0 spiro atoms. The molecule has 2 N–H and O–H groups in total. The van der Waals surface area contributed by atoms with Gasteiger partial charge in [-0.1, -0.05) is 18.2 Å². The molecule has 0 bridgehead atoms. The molecule has 2 aromatic carbocycles. The average molecular weight is 428 g/mol. The van der Waals surface area contributed by atoms with Gasteiger partial charge in [0.1, 0.15) is 16.5 Å². The van der Waals surface area contributed by atoms with Crippen LogP contribution in [0.25, 0.3) is 22.4 Å². The number of primary sulfonamides is 1. The largest absolute Gasteiger partial charge is 0.416 e. The number of rotatable bonds is 3. The van der Waals surface area contributed by atoms with Gasteiger partial charge in [0.15, 0.2) is 0 Å². The summed E-state index contributed by atoms with van der Waals surface area (Å²) >= 11 is 0. The Kier molecular flexibility index (Phi) is 5.18. The Morgan fingerprint density at radius 3 is 2.28 bits per heavy atom.